The summed E-state index contributed by atoms with van der Waals surface area (Å²) in [4.78, 5) is 4.87. The van der Waals surface area contributed by atoms with E-state index in [0.717, 1.165) is 57.5 Å². The molecule has 6 nitrogen and oxygen atoms in total. The van der Waals surface area contributed by atoms with Gasteiger partial charge in [-0.15, -0.1) is 10.2 Å². The van der Waals surface area contributed by atoms with Crippen molar-refractivity contribution in [3.05, 3.63) is 41.1 Å². The Bertz CT molecular complexity index is 716. The number of nitrogens with zero attached hydrogens (tertiary/aromatic N) is 4. The van der Waals surface area contributed by atoms with Crippen LogP contribution in [0.5, 0.6) is 0 Å². The molecule has 2 aromatic rings. The van der Waals surface area contributed by atoms with Crippen LogP contribution in [0.15, 0.2) is 22.6 Å². The summed E-state index contributed by atoms with van der Waals surface area (Å²) in [6.07, 6.45) is 0.982. The molecule has 4 rings (SSSR count). The van der Waals surface area contributed by atoms with Crippen molar-refractivity contribution in [2.75, 3.05) is 44.3 Å². The fraction of sp³-hybridized carbons (Fsp3) is 0.579. The van der Waals surface area contributed by atoms with Gasteiger partial charge in [0.1, 0.15) is 0 Å². The number of rotatable bonds is 4. The number of piperazine rings is 1. The Hall–Kier alpha value is -1.92. The Labute approximate surface area is 148 Å². The van der Waals surface area contributed by atoms with Crippen LogP contribution >= 0.6 is 0 Å². The first-order chi connectivity index (χ1) is 12.2. The largest absolute Gasteiger partial charge is 0.423 e. The molecule has 1 aromatic carbocycles. The first-order valence-electron chi connectivity index (χ1n) is 9.14. The second-order valence-electron chi connectivity index (χ2n) is 7.08. The molecule has 3 heterocycles. The van der Waals surface area contributed by atoms with Gasteiger partial charge in [0.25, 0.3) is 0 Å². The lowest BCUT2D eigenvalue weighted by Crippen LogP contribution is -2.46. The van der Waals surface area contributed by atoms with Crippen LogP contribution in [0.4, 0.5) is 5.69 Å². The zero-order chi connectivity index (χ0) is 17.2. The molecule has 134 valence electrons. The van der Waals surface area contributed by atoms with Crippen LogP contribution < -0.4 is 4.90 Å². The zero-order valence-corrected chi connectivity index (χ0v) is 15.1. The van der Waals surface area contributed by atoms with E-state index in [9.17, 15) is 0 Å². The van der Waals surface area contributed by atoms with Crippen LogP contribution in [0.25, 0.3) is 0 Å². The Balaban J connectivity index is 1.34. The number of aromatic nitrogens is 2. The van der Waals surface area contributed by atoms with Crippen LogP contribution in [0.3, 0.4) is 0 Å². The Kier molecular flexibility index (Phi) is 4.72. The second kappa shape index (κ2) is 7.14. The van der Waals surface area contributed by atoms with E-state index in [1.54, 1.807) is 0 Å². The standard InChI is InChI=1S/C19H26N4O2/c1-14-4-3-5-17(15(14)2)23-9-7-22(8-10-23)12-18-20-21-19(25-18)16-6-11-24-13-16/h3-5,16H,6-13H2,1-2H3. The molecule has 2 fully saturated rings. The van der Waals surface area contributed by atoms with Crippen molar-refractivity contribution in [1.82, 2.24) is 15.1 Å². The summed E-state index contributed by atoms with van der Waals surface area (Å²) in [5.74, 6) is 1.74. The third-order valence-corrected chi connectivity index (χ3v) is 5.41. The summed E-state index contributed by atoms with van der Waals surface area (Å²) < 4.78 is 11.3. The lowest BCUT2D eigenvalue weighted by molar-refractivity contribution is 0.189. The van der Waals surface area contributed by atoms with Crippen molar-refractivity contribution in [2.45, 2.75) is 32.7 Å². The summed E-state index contributed by atoms with van der Waals surface area (Å²) in [6.45, 7) is 10.7. The number of ether oxygens (including phenoxy) is 1. The van der Waals surface area contributed by atoms with Crippen LogP contribution in [0.2, 0.25) is 0 Å². The van der Waals surface area contributed by atoms with Gasteiger partial charge in [0.15, 0.2) is 0 Å². The molecule has 0 N–H and O–H groups in total. The van der Waals surface area contributed by atoms with E-state index >= 15 is 0 Å². The van der Waals surface area contributed by atoms with Gasteiger partial charge < -0.3 is 14.1 Å². The van der Waals surface area contributed by atoms with Gasteiger partial charge >= 0.3 is 0 Å². The molecular weight excluding hydrogens is 316 g/mol. The average molecular weight is 342 g/mol. The normalized spacial score (nSPS) is 21.8. The van der Waals surface area contributed by atoms with Gasteiger partial charge in [0.05, 0.1) is 19.1 Å². The highest BCUT2D eigenvalue weighted by molar-refractivity contribution is 5.56. The van der Waals surface area contributed by atoms with Gasteiger partial charge in [0, 0.05) is 38.5 Å². The highest BCUT2D eigenvalue weighted by atomic mass is 16.5. The van der Waals surface area contributed by atoms with E-state index in [-0.39, 0.29) is 5.92 Å². The number of hydrogen-bond donors (Lipinski definition) is 0. The Morgan fingerprint density at radius 1 is 1.12 bits per heavy atom. The minimum absolute atomic E-state index is 0.280. The number of hydrogen-bond acceptors (Lipinski definition) is 6. The predicted octanol–water partition coefficient (Wildman–Crippen LogP) is 2.51. The third kappa shape index (κ3) is 3.55. The molecular formula is C19H26N4O2. The van der Waals surface area contributed by atoms with Crippen LogP contribution in [-0.4, -0.2) is 54.5 Å². The smallest absolute Gasteiger partial charge is 0.230 e. The van der Waals surface area contributed by atoms with Crippen molar-refractivity contribution >= 4 is 5.69 Å². The summed E-state index contributed by atoms with van der Waals surface area (Å²) in [5.41, 5.74) is 4.10. The van der Waals surface area contributed by atoms with Crippen LogP contribution in [0.1, 0.15) is 35.2 Å². The topological polar surface area (TPSA) is 54.6 Å². The molecule has 6 heteroatoms. The maximum Gasteiger partial charge on any atom is 0.230 e. The minimum atomic E-state index is 0.280. The van der Waals surface area contributed by atoms with Gasteiger partial charge in [-0.05, 0) is 37.5 Å². The summed E-state index contributed by atoms with van der Waals surface area (Å²) in [7, 11) is 0. The molecule has 0 spiro atoms. The van der Waals surface area contributed by atoms with E-state index in [1.807, 2.05) is 0 Å². The first-order valence-corrected chi connectivity index (χ1v) is 9.14. The van der Waals surface area contributed by atoms with Gasteiger partial charge in [-0.25, -0.2) is 0 Å². The van der Waals surface area contributed by atoms with Crippen LogP contribution in [0, 0.1) is 13.8 Å². The van der Waals surface area contributed by atoms with Crippen molar-refractivity contribution in [3.63, 3.8) is 0 Å². The monoisotopic (exact) mass is 342 g/mol. The van der Waals surface area contributed by atoms with Crippen LogP contribution in [-0.2, 0) is 11.3 Å². The fourth-order valence-corrected chi connectivity index (χ4v) is 3.64. The van der Waals surface area contributed by atoms with Crippen molar-refractivity contribution < 1.29 is 9.15 Å². The predicted molar refractivity (Wildman–Crippen MR) is 95.9 cm³/mol. The number of anilines is 1. The van der Waals surface area contributed by atoms with Crippen molar-refractivity contribution in [1.29, 1.82) is 0 Å². The third-order valence-electron chi connectivity index (χ3n) is 5.41. The zero-order valence-electron chi connectivity index (χ0n) is 15.1. The van der Waals surface area contributed by atoms with E-state index in [2.05, 4.69) is 52.0 Å². The highest BCUT2D eigenvalue weighted by Crippen LogP contribution is 2.25. The lowest BCUT2D eigenvalue weighted by atomic mass is 10.1. The molecule has 1 atom stereocenters. The van der Waals surface area contributed by atoms with Gasteiger partial charge in [0.2, 0.25) is 11.8 Å². The molecule has 0 bridgehead atoms. The molecule has 1 unspecified atom stereocenters. The second-order valence-corrected chi connectivity index (χ2v) is 7.08. The SMILES string of the molecule is Cc1cccc(N2CCN(Cc3nnc(C4CCOC4)o3)CC2)c1C. The van der Waals surface area contributed by atoms with Crippen molar-refractivity contribution in [3.8, 4) is 0 Å². The van der Waals surface area contributed by atoms with E-state index in [4.69, 9.17) is 9.15 Å². The maximum absolute atomic E-state index is 5.86. The Morgan fingerprint density at radius 3 is 2.72 bits per heavy atom. The molecule has 2 saturated heterocycles. The molecule has 0 radical (unpaired) electrons. The number of benzene rings is 1. The summed E-state index contributed by atoms with van der Waals surface area (Å²) in [6, 6.07) is 6.56. The van der Waals surface area contributed by atoms with Gasteiger partial charge in [-0.2, -0.15) is 0 Å². The molecule has 0 amide bonds. The molecule has 2 aliphatic heterocycles. The van der Waals surface area contributed by atoms with Crippen molar-refractivity contribution in [2.24, 2.45) is 0 Å². The summed E-state index contributed by atoms with van der Waals surface area (Å²) in [5, 5.41) is 8.44. The maximum atomic E-state index is 5.86. The minimum Gasteiger partial charge on any atom is -0.423 e. The molecule has 0 aliphatic carbocycles. The molecule has 0 saturated carbocycles. The van der Waals surface area contributed by atoms with E-state index in [1.165, 1.54) is 16.8 Å². The molecule has 25 heavy (non-hydrogen) atoms. The van der Waals surface area contributed by atoms with E-state index < -0.39 is 0 Å². The lowest BCUT2D eigenvalue weighted by Gasteiger charge is -2.36. The highest BCUT2D eigenvalue weighted by Gasteiger charge is 2.25. The Morgan fingerprint density at radius 2 is 1.96 bits per heavy atom. The average Bonchev–Trinajstić information content (AvgIpc) is 3.30. The first kappa shape index (κ1) is 16.5. The van der Waals surface area contributed by atoms with E-state index in [0.29, 0.717) is 6.61 Å². The molecule has 2 aliphatic rings. The van der Waals surface area contributed by atoms with Gasteiger partial charge in [-0.3, -0.25) is 4.90 Å². The number of aryl methyl sites for hydroxylation is 1. The summed E-state index contributed by atoms with van der Waals surface area (Å²) >= 11 is 0. The quantitative estimate of drug-likeness (QED) is 0.851. The molecule has 1 aromatic heterocycles. The van der Waals surface area contributed by atoms with Gasteiger partial charge in [-0.1, -0.05) is 12.1 Å². The fourth-order valence-electron chi connectivity index (χ4n) is 3.64.